The Morgan fingerprint density at radius 2 is 1.79 bits per heavy atom. The molecule has 1 saturated carbocycles. The molecule has 0 amide bonds. The highest BCUT2D eigenvalue weighted by atomic mass is 16.3. The van der Waals surface area contributed by atoms with E-state index in [1.54, 1.807) is 0 Å². The summed E-state index contributed by atoms with van der Waals surface area (Å²) in [5, 5.41) is 12.5. The van der Waals surface area contributed by atoms with E-state index in [4.69, 9.17) is 5.11 Å². The van der Waals surface area contributed by atoms with Crippen molar-refractivity contribution in [1.82, 2.24) is 5.32 Å². The Labute approximate surface area is 87.1 Å². The minimum Gasteiger partial charge on any atom is -0.396 e. The quantitative estimate of drug-likeness (QED) is 0.720. The molecule has 1 aliphatic heterocycles. The Morgan fingerprint density at radius 3 is 2.29 bits per heavy atom. The van der Waals surface area contributed by atoms with Crippen molar-refractivity contribution in [2.45, 2.75) is 38.5 Å². The van der Waals surface area contributed by atoms with Gasteiger partial charge >= 0.3 is 0 Å². The van der Waals surface area contributed by atoms with Crippen LogP contribution in [0.25, 0.3) is 0 Å². The number of aliphatic hydroxyl groups excluding tert-OH is 1. The molecule has 0 bridgehead atoms. The molecule has 2 nitrogen and oxygen atoms in total. The van der Waals surface area contributed by atoms with Crippen LogP contribution < -0.4 is 5.32 Å². The molecule has 82 valence electrons. The molecule has 0 aromatic rings. The molecule has 2 fully saturated rings. The van der Waals surface area contributed by atoms with Crippen molar-refractivity contribution in [2.24, 2.45) is 17.8 Å². The molecule has 0 radical (unpaired) electrons. The van der Waals surface area contributed by atoms with Crippen molar-refractivity contribution < 1.29 is 5.11 Å². The lowest BCUT2D eigenvalue weighted by molar-refractivity contribution is 0.103. The molecule has 1 atom stereocenters. The summed E-state index contributed by atoms with van der Waals surface area (Å²) in [7, 11) is 0. The van der Waals surface area contributed by atoms with Gasteiger partial charge in [-0.25, -0.2) is 0 Å². The summed E-state index contributed by atoms with van der Waals surface area (Å²) in [6.07, 6.45) is 8.16. The van der Waals surface area contributed by atoms with Gasteiger partial charge in [0.1, 0.15) is 0 Å². The molecular formula is C12H23NO. The summed E-state index contributed by atoms with van der Waals surface area (Å²) in [5.41, 5.74) is 0. The van der Waals surface area contributed by atoms with Crippen molar-refractivity contribution in [3.05, 3.63) is 0 Å². The van der Waals surface area contributed by atoms with Crippen LogP contribution in [0.15, 0.2) is 0 Å². The van der Waals surface area contributed by atoms with Crippen LogP contribution in [-0.4, -0.2) is 24.8 Å². The van der Waals surface area contributed by atoms with E-state index in [0.29, 0.717) is 6.61 Å². The third kappa shape index (κ3) is 2.29. The van der Waals surface area contributed by atoms with Gasteiger partial charge in [0.25, 0.3) is 0 Å². The maximum atomic E-state index is 9.12. The highest BCUT2D eigenvalue weighted by Gasteiger charge is 2.32. The van der Waals surface area contributed by atoms with Crippen LogP contribution in [0.1, 0.15) is 38.5 Å². The Bertz CT molecular complexity index is 162. The second-order valence-corrected chi connectivity index (χ2v) is 4.99. The zero-order valence-corrected chi connectivity index (χ0v) is 9.04. The van der Waals surface area contributed by atoms with E-state index in [2.05, 4.69) is 5.32 Å². The lowest BCUT2D eigenvalue weighted by atomic mass is 9.71. The van der Waals surface area contributed by atoms with Crippen molar-refractivity contribution in [1.29, 1.82) is 0 Å². The molecule has 2 N–H and O–H groups in total. The third-order valence-electron chi connectivity index (χ3n) is 4.14. The average molecular weight is 197 g/mol. The zero-order valence-electron chi connectivity index (χ0n) is 9.04. The van der Waals surface area contributed by atoms with Crippen molar-refractivity contribution >= 4 is 0 Å². The van der Waals surface area contributed by atoms with Gasteiger partial charge in [0.05, 0.1) is 0 Å². The van der Waals surface area contributed by atoms with Gasteiger partial charge in [-0.3, -0.25) is 0 Å². The Kier molecular flexibility index (Phi) is 3.82. The van der Waals surface area contributed by atoms with Crippen molar-refractivity contribution in [3.63, 3.8) is 0 Å². The topological polar surface area (TPSA) is 32.3 Å². The molecule has 0 aromatic carbocycles. The molecular weight excluding hydrogens is 174 g/mol. The number of hydrogen-bond acceptors (Lipinski definition) is 2. The molecule has 1 aliphatic carbocycles. The average Bonchev–Trinajstić information content (AvgIpc) is 2.16. The predicted octanol–water partition coefficient (Wildman–Crippen LogP) is 1.78. The van der Waals surface area contributed by atoms with Crippen LogP contribution in [0.4, 0.5) is 0 Å². The summed E-state index contributed by atoms with van der Waals surface area (Å²) < 4.78 is 0. The van der Waals surface area contributed by atoms with Crippen molar-refractivity contribution in [2.75, 3.05) is 19.7 Å². The molecule has 2 heteroatoms. The minimum atomic E-state index is 0.387. The Morgan fingerprint density at radius 1 is 1.07 bits per heavy atom. The Hall–Kier alpha value is -0.0800. The monoisotopic (exact) mass is 197 g/mol. The molecule has 1 unspecified atom stereocenters. The van der Waals surface area contributed by atoms with Crippen LogP contribution in [0.2, 0.25) is 0 Å². The molecule has 1 heterocycles. The van der Waals surface area contributed by atoms with E-state index in [-0.39, 0.29) is 0 Å². The first kappa shape index (κ1) is 10.4. The largest absolute Gasteiger partial charge is 0.396 e. The van der Waals surface area contributed by atoms with E-state index < -0.39 is 0 Å². The standard InChI is InChI=1S/C12H23NO/c14-7-6-12(11-8-13-9-11)10-4-2-1-3-5-10/h10-14H,1-9H2. The normalized spacial score (nSPS) is 27.2. The van der Waals surface area contributed by atoms with Gasteiger partial charge in [-0.2, -0.15) is 0 Å². The fourth-order valence-electron chi connectivity index (χ4n) is 3.18. The lowest BCUT2D eigenvalue weighted by Gasteiger charge is -2.40. The van der Waals surface area contributed by atoms with Gasteiger partial charge in [0.15, 0.2) is 0 Å². The van der Waals surface area contributed by atoms with E-state index in [1.165, 1.54) is 45.2 Å². The summed E-state index contributed by atoms with van der Waals surface area (Å²) in [6.45, 7) is 2.78. The first-order valence-electron chi connectivity index (χ1n) is 6.23. The summed E-state index contributed by atoms with van der Waals surface area (Å²) in [4.78, 5) is 0. The van der Waals surface area contributed by atoms with Crippen molar-refractivity contribution in [3.8, 4) is 0 Å². The predicted molar refractivity (Wildman–Crippen MR) is 58.1 cm³/mol. The van der Waals surface area contributed by atoms with E-state index >= 15 is 0 Å². The van der Waals surface area contributed by atoms with Gasteiger partial charge in [-0.1, -0.05) is 32.1 Å². The van der Waals surface area contributed by atoms with E-state index in [0.717, 1.165) is 24.2 Å². The summed E-state index contributed by atoms with van der Waals surface area (Å²) in [5.74, 6) is 2.59. The van der Waals surface area contributed by atoms with Gasteiger partial charge in [-0.05, 0) is 37.3 Å². The maximum absolute atomic E-state index is 9.12. The number of aliphatic hydroxyl groups is 1. The highest BCUT2D eigenvalue weighted by molar-refractivity contribution is 4.86. The fraction of sp³-hybridized carbons (Fsp3) is 1.00. The smallest absolute Gasteiger partial charge is 0.0433 e. The molecule has 2 rings (SSSR count). The second kappa shape index (κ2) is 5.13. The van der Waals surface area contributed by atoms with Gasteiger partial charge in [0, 0.05) is 6.61 Å². The van der Waals surface area contributed by atoms with Crippen LogP contribution >= 0.6 is 0 Å². The van der Waals surface area contributed by atoms with Crippen LogP contribution in [0, 0.1) is 17.8 Å². The van der Waals surface area contributed by atoms with Crippen LogP contribution in [0.5, 0.6) is 0 Å². The maximum Gasteiger partial charge on any atom is 0.0433 e. The first-order valence-corrected chi connectivity index (χ1v) is 6.23. The van der Waals surface area contributed by atoms with Crippen LogP contribution in [0.3, 0.4) is 0 Å². The third-order valence-corrected chi connectivity index (χ3v) is 4.14. The van der Waals surface area contributed by atoms with Crippen LogP contribution in [-0.2, 0) is 0 Å². The first-order chi connectivity index (χ1) is 6.92. The van der Waals surface area contributed by atoms with Gasteiger partial charge in [0.2, 0.25) is 0 Å². The number of nitrogens with one attached hydrogen (secondary N) is 1. The van der Waals surface area contributed by atoms with E-state index in [1.807, 2.05) is 0 Å². The molecule has 1 saturated heterocycles. The second-order valence-electron chi connectivity index (χ2n) is 4.99. The molecule has 0 aromatic heterocycles. The Balaban J connectivity index is 1.86. The SMILES string of the molecule is OCCC(C1CCCCC1)C1CNC1. The number of hydrogen-bond donors (Lipinski definition) is 2. The highest BCUT2D eigenvalue weighted by Crippen LogP contribution is 2.37. The summed E-state index contributed by atoms with van der Waals surface area (Å²) >= 11 is 0. The minimum absolute atomic E-state index is 0.387. The molecule has 14 heavy (non-hydrogen) atoms. The molecule has 2 aliphatic rings. The molecule has 0 spiro atoms. The van der Waals surface area contributed by atoms with E-state index in [9.17, 15) is 0 Å². The van der Waals surface area contributed by atoms with Gasteiger partial charge < -0.3 is 10.4 Å². The fourth-order valence-corrected chi connectivity index (χ4v) is 3.18. The van der Waals surface area contributed by atoms with Gasteiger partial charge in [-0.15, -0.1) is 0 Å². The zero-order chi connectivity index (χ0) is 9.80. The number of rotatable bonds is 4. The summed E-state index contributed by atoms with van der Waals surface area (Å²) in [6, 6.07) is 0. The lowest BCUT2D eigenvalue weighted by Crippen LogP contribution is -2.48.